The van der Waals surface area contributed by atoms with Gasteiger partial charge in [-0.25, -0.2) is 5.11 Å². The van der Waals surface area contributed by atoms with Gasteiger partial charge in [-0.1, -0.05) is 113 Å². The van der Waals surface area contributed by atoms with Gasteiger partial charge < -0.3 is 0 Å². The van der Waals surface area contributed by atoms with Gasteiger partial charge in [-0.05, 0) is 23.6 Å². The molecule has 21 heavy (non-hydrogen) atoms. The van der Waals surface area contributed by atoms with E-state index in [-0.39, 0.29) is 5.56 Å². The van der Waals surface area contributed by atoms with Crippen LogP contribution in [0.1, 0.15) is 37.0 Å². The maximum atomic E-state index is 12.0. The molecule has 0 spiro atoms. The van der Waals surface area contributed by atoms with Crippen LogP contribution in [-0.4, -0.2) is 8.13 Å². The lowest BCUT2D eigenvalue weighted by molar-refractivity contribution is 0.0804. The van der Waals surface area contributed by atoms with E-state index in [2.05, 4.69) is 0 Å². The first-order chi connectivity index (χ1) is 9.45. The van der Waals surface area contributed by atoms with E-state index < -0.39 is 18.6 Å². The number of rotatable bonds is 5. The van der Waals surface area contributed by atoms with Gasteiger partial charge in [0.05, 0.1) is 0 Å². The number of benzene rings is 1. The molecule has 8 heteroatoms. The highest BCUT2D eigenvalue weighted by atomic mass is 35.6. The molecule has 1 nitrogen and oxygen atoms in total. The van der Waals surface area contributed by atoms with Crippen molar-refractivity contribution < 1.29 is 5.11 Å². The highest BCUT2D eigenvalue weighted by molar-refractivity contribution is 6.78. The molecule has 1 aromatic carbocycles. The second-order valence-electron chi connectivity index (χ2n) is 4.55. The first-order valence-electron chi connectivity index (χ1n) is 6.03. The standard InChI is InChI=1S/C13H12Cl7O/c1-2-4-10(21)8-5-3-6-9(7-8)11(14,15)12(16,17)13(18,19)20/h3,5-7,10H,2,4H2,1H3. The van der Waals surface area contributed by atoms with E-state index in [9.17, 15) is 5.11 Å². The molecule has 0 N–H and O–H groups in total. The van der Waals surface area contributed by atoms with Crippen molar-refractivity contribution in [3.8, 4) is 0 Å². The third-order valence-electron chi connectivity index (χ3n) is 2.92. The van der Waals surface area contributed by atoms with Crippen molar-refractivity contribution in [1.82, 2.24) is 0 Å². The zero-order valence-corrected chi connectivity index (χ0v) is 16.1. The summed E-state index contributed by atoms with van der Waals surface area (Å²) in [6, 6.07) is 6.41. The lowest BCUT2D eigenvalue weighted by Crippen LogP contribution is -2.45. The van der Waals surface area contributed by atoms with Crippen LogP contribution in [0.2, 0.25) is 0 Å². The molecule has 1 rings (SSSR count). The largest absolute Gasteiger partial charge is 0.228 e. The predicted octanol–water partition coefficient (Wildman–Crippen LogP) is 7.13. The van der Waals surface area contributed by atoms with Crippen molar-refractivity contribution in [2.24, 2.45) is 0 Å². The van der Waals surface area contributed by atoms with E-state index in [1.54, 1.807) is 18.2 Å². The quantitative estimate of drug-likeness (QED) is 0.441. The van der Waals surface area contributed by atoms with Crippen LogP contribution in [0.5, 0.6) is 0 Å². The monoisotopic (exact) mass is 429 g/mol. The Hall–Kier alpha value is 1.21. The van der Waals surface area contributed by atoms with Crippen LogP contribution < -0.4 is 0 Å². The Morgan fingerprint density at radius 2 is 1.62 bits per heavy atom. The van der Waals surface area contributed by atoms with E-state index in [0.717, 1.165) is 6.42 Å². The van der Waals surface area contributed by atoms with Gasteiger partial charge in [0.25, 0.3) is 0 Å². The molecule has 119 valence electrons. The van der Waals surface area contributed by atoms with Crippen LogP contribution in [0.25, 0.3) is 0 Å². The van der Waals surface area contributed by atoms with E-state index in [0.29, 0.717) is 12.0 Å². The summed E-state index contributed by atoms with van der Waals surface area (Å²) in [4.78, 5) is 0. The molecule has 0 aromatic heterocycles. The van der Waals surface area contributed by atoms with Crippen LogP contribution >= 0.6 is 81.2 Å². The summed E-state index contributed by atoms with van der Waals surface area (Å²) >= 11 is 41.8. The zero-order valence-electron chi connectivity index (χ0n) is 10.9. The summed E-state index contributed by atoms with van der Waals surface area (Å²) in [5, 5.41) is 12.0. The lowest BCUT2D eigenvalue weighted by atomic mass is 10.00. The summed E-state index contributed by atoms with van der Waals surface area (Å²) in [5.41, 5.74) is 0.810. The SMILES string of the molecule is CCCC([O])c1cccc(C(Cl)(Cl)C(Cl)(Cl)C(Cl)(Cl)Cl)c1. The summed E-state index contributed by atoms with van der Waals surface area (Å²) in [7, 11) is 0. The van der Waals surface area contributed by atoms with Crippen LogP contribution in [0.4, 0.5) is 0 Å². The van der Waals surface area contributed by atoms with Gasteiger partial charge in [-0.3, -0.25) is 0 Å². The van der Waals surface area contributed by atoms with Gasteiger partial charge in [0, 0.05) is 0 Å². The maximum absolute atomic E-state index is 12.0. The fraction of sp³-hybridized carbons (Fsp3) is 0.538. The molecule has 1 unspecified atom stereocenters. The lowest BCUT2D eigenvalue weighted by Gasteiger charge is -2.38. The van der Waals surface area contributed by atoms with Crippen molar-refractivity contribution in [1.29, 1.82) is 0 Å². The molecule has 0 aliphatic rings. The molecule has 0 heterocycles. The first kappa shape index (κ1) is 20.3. The number of alkyl halides is 7. The second-order valence-corrected chi connectivity index (χ2v) is 9.49. The minimum atomic E-state index is -2.13. The molecule has 0 fully saturated rings. The van der Waals surface area contributed by atoms with Crippen LogP contribution in [0.3, 0.4) is 0 Å². The average Bonchev–Trinajstić information content (AvgIpc) is 2.37. The Morgan fingerprint density at radius 3 is 2.10 bits per heavy atom. The molecule has 1 aromatic rings. The fourth-order valence-corrected chi connectivity index (χ4v) is 3.17. The summed E-state index contributed by atoms with van der Waals surface area (Å²) in [6.45, 7) is 1.92. The van der Waals surface area contributed by atoms with Gasteiger partial charge >= 0.3 is 0 Å². The molecule has 0 bridgehead atoms. The highest BCUT2D eigenvalue weighted by Gasteiger charge is 2.60. The summed E-state index contributed by atoms with van der Waals surface area (Å²) in [5.74, 6) is 0. The fourth-order valence-electron chi connectivity index (χ4n) is 1.72. The van der Waals surface area contributed by atoms with Gasteiger partial charge in [0.1, 0.15) is 6.10 Å². The molecular weight excluding hydrogens is 420 g/mol. The Labute approximate surface area is 159 Å². The molecule has 1 atom stereocenters. The van der Waals surface area contributed by atoms with Crippen molar-refractivity contribution in [2.45, 2.75) is 38.3 Å². The minimum Gasteiger partial charge on any atom is -0.228 e. The molecule has 0 amide bonds. The summed E-state index contributed by atoms with van der Waals surface area (Å²) in [6.07, 6.45) is 0.346. The van der Waals surface area contributed by atoms with Crippen molar-refractivity contribution >= 4 is 81.2 Å². The third kappa shape index (κ3) is 4.39. The van der Waals surface area contributed by atoms with Crippen LogP contribution in [0, 0.1) is 0 Å². The van der Waals surface area contributed by atoms with Gasteiger partial charge in [0.2, 0.25) is 8.13 Å². The Kier molecular flexibility index (Phi) is 7.14. The number of hydrogen-bond acceptors (Lipinski definition) is 0. The molecule has 0 saturated carbocycles. The molecular formula is C13H12Cl7O. The van der Waals surface area contributed by atoms with Crippen LogP contribution in [-0.2, 0) is 9.44 Å². The van der Waals surface area contributed by atoms with Gasteiger partial charge in [-0.2, -0.15) is 0 Å². The van der Waals surface area contributed by atoms with E-state index in [1.807, 2.05) is 6.92 Å². The normalized spacial score (nSPS) is 15.1. The molecule has 1 radical (unpaired) electrons. The van der Waals surface area contributed by atoms with Crippen molar-refractivity contribution in [2.75, 3.05) is 0 Å². The number of halogens is 7. The van der Waals surface area contributed by atoms with Crippen molar-refractivity contribution in [3.63, 3.8) is 0 Å². The van der Waals surface area contributed by atoms with E-state index in [1.165, 1.54) is 6.07 Å². The highest BCUT2D eigenvalue weighted by Crippen LogP contribution is 2.60. The smallest absolute Gasteiger partial charge is 0.226 e. The molecule has 0 aliphatic heterocycles. The van der Waals surface area contributed by atoms with E-state index >= 15 is 0 Å². The zero-order chi connectivity index (χ0) is 16.5. The first-order valence-corrected chi connectivity index (χ1v) is 8.68. The topological polar surface area (TPSA) is 19.9 Å². The Bertz CT molecular complexity index is 482. The average molecular weight is 432 g/mol. The Balaban J connectivity index is 3.24. The third-order valence-corrected chi connectivity index (χ3v) is 6.88. The molecule has 0 aliphatic carbocycles. The van der Waals surface area contributed by atoms with Crippen molar-refractivity contribution in [3.05, 3.63) is 35.4 Å². The number of hydrogen-bond donors (Lipinski definition) is 0. The maximum Gasteiger partial charge on any atom is 0.226 e. The Morgan fingerprint density at radius 1 is 1.05 bits per heavy atom. The second kappa shape index (κ2) is 7.40. The van der Waals surface area contributed by atoms with Gasteiger partial charge in [-0.15, -0.1) is 0 Å². The van der Waals surface area contributed by atoms with Crippen LogP contribution in [0.15, 0.2) is 24.3 Å². The minimum absolute atomic E-state index is 0.289. The van der Waals surface area contributed by atoms with Gasteiger partial charge in [0.15, 0.2) is 4.33 Å². The summed E-state index contributed by atoms with van der Waals surface area (Å²) < 4.78 is -6.16. The van der Waals surface area contributed by atoms with E-state index in [4.69, 9.17) is 81.2 Å². The predicted molar refractivity (Wildman–Crippen MR) is 92.9 cm³/mol. The molecule has 0 saturated heterocycles.